The van der Waals surface area contributed by atoms with Crippen LogP contribution in [0.5, 0.6) is 5.75 Å². The second-order valence-electron chi connectivity index (χ2n) is 6.50. The molecule has 0 fully saturated rings. The first-order chi connectivity index (χ1) is 13.2. The fourth-order valence-electron chi connectivity index (χ4n) is 3.17. The molecule has 0 bridgehead atoms. The fourth-order valence-corrected chi connectivity index (χ4v) is 4.79. The number of fused-ring (bicyclic) bond motifs is 1. The van der Waals surface area contributed by atoms with Gasteiger partial charge in [-0.3, -0.25) is 5.32 Å². The monoisotopic (exact) mass is 403 g/mol. The van der Waals surface area contributed by atoms with E-state index in [1.165, 1.54) is 19.2 Å². The average Bonchev–Trinajstić information content (AvgIpc) is 3.02. The molecule has 0 unspecified atom stereocenters. The Labute approximate surface area is 162 Å². The molecular formula is C19H21N3O5S. The highest BCUT2D eigenvalue weighted by molar-refractivity contribution is 7.91. The minimum atomic E-state index is -3.55. The van der Waals surface area contributed by atoms with E-state index in [0.717, 1.165) is 0 Å². The maximum atomic E-state index is 12.8. The molecule has 148 valence electrons. The number of H-pyrrole nitrogens is 1. The van der Waals surface area contributed by atoms with Crippen LogP contribution in [0.1, 0.15) is 27.3 Å². The quantitative estimate of drug-likeness (QED) is 0.554. The van der Waals surface area contributed by atoms with E-state index in [4.69, 9.17) is 9.84 Å². The highest BCUT2D eigenvalue weighted by Crippen LogP contribution is 2.26. The number of carbonyl (C=O) groups is 1. The number of carboxylic acids is 1. The first-order valence-electron chi connectivity index (χ1n) is 8.52. The third-order valence-corrected chi connectivity index (χ3v) is 6.19. The second-order valence-corrected chi connectivity index (χ2v) is 8.42. The molecule has 1 aromatic heterocycles. The molecule has 0 spiro atoms. The molecule has 28 heavy (non-hydrogen) atoms. The van der Waals surface area contributed by atoms with Crippen molar-refractivity contribution in [1.29, 1.82) is 0 Å². The van der Waals surface area contributed by atoms with E-state index in [9.17, 15) is 13.2 Å². The molecule has 3 aromatic rings. The van der Waals surface area contributed by atoms with Crippen molar-refractivity contribution in [3.05, 3.63) is 52.8 Å². The summed E-state index contributed by atoms with van der Waals surface area (Å²) in [7, 11) is -2.01. The summed E-state index contributed by atoms with van der Waals surface area (Å²) in [6.45, 7) is 3.67. The molecule has 0 saturated carbocycles. The summed E-state index contributed by atoms with van der Waals surface area (Å²) in [6.07, 6.45) is 0. The lowest BCUT2D eigenvalue weighted by Crippen LogP contribution is -2.24. The van der Waals surface area contributed by atoms with E-state index in [0.29, 0.717) is 33.7 Å². The van der Waals surface area contributed by atoms with Crippen LogP contribution in [0.15, 0.2) is 35.2 Å². The number of carboxylic acid groups (broad SMARTS) is 1. The number of hydrogen-bond donors (Lipinski definition) is 3. The van der Waals surface area contributed by atoms with Gasteiger partial charge in [-0.25, -0.2) is 18.2 Å². The van der Waals surface area contributed by atoms with Crippen LogP contribution in [0, 0.1) is 13.8 Å². The number of nitrogens with one attached hydrogen (secondary N) is 2. The zero-order chi connectivity index (χ0) is 20.5. The Morgan fingerprint density at radius 2 is 1.89 bits per heavy atom. The van der Waals surface area contributed by atoms with Gasteiger partial charge in [0.2, 0.25) is 0 Å². The van der Waals surface area contributed by atoms with Crippen molar-refractivity contribution < 1.29 is 23.1 Å². The maximum absolute atomic E-state index is 12.8. The summed E-state index contributed by atoms with van der Waals surface area (Å²) in [4.78, 5) is 18.7. The molecule has 0 amide bonds. The van der Waals surface area contributed by atoms with Crippen LogP contribution in [0.2, 0.25) is 0 Å². The standard InChI is InChI=1S/C19H21N3O5S/c1-11-6-14(27-3)7-12(2)18(11)28(25,26)10-20-9-17-21-15-5-4-13(19(23)24)8-16(15)22-17/h4-8,20H,9-10H2,1-3H3,(H,21,22)(H,23,24). The minimum Gasteiger partial charge on any atom is -0.497 e. The highest BCUT2D eigenvalue weighted by atomic mass is 32.2. The molecule has 0 aliphatic carbocycles. The van der Waals surface area contributed by atoms with Crippen LogP contribution in [0.4, 0.5) is 0 Å². The van der Waals surface area contributed by atoms with Gasteiger partial charge in [-0.15, -0.1) is 0 Å². The number of imidazole rings is 1. The highest BCUT2D eigenvalue weighted by Gasteiger charge is 2.20. The summed E-state index contributed by atoms with van der Waals surface area (Å²) in [5.74, 6) is -0.133. The normalized spacial score (nSPS) is 11.7. The van der Waals surface area contributed by atoms with Gasteiger partial charge in [0.25, 0.3) is 0 Å². The van der Waals surface area contributed by atoms with Crippen LogP contribution < -0.4 is 10.1 Å². The SMILES string of the molecule is COc1cc(C)c(S(=O)(=O)CNCc2nc3ccc(C(=O)O)cc3[nH]2)c(C)c1. The molecule has 0 atom stereocenters. The number of methoxy groups -OCH3 is 1. The van der Waals surface area contributed by atoms with Gasteiger partial charge >= 0.3 is 5.97 Å². The first kappa shape index (κ1) is 19.8. The first-order valence-corrected chi connectivity index (χ1v) is 10.2. The van der Waals surface area contributed by atoms with E-state index in [1.54, 1.807) is 32.0 Å². The van der Waals surface area contributed by atoms with Crippen molar-refractivity contribution >= 4 is 26.8 Å². The van der Waals surface area contributed by atoms with Gasteiger partial charge in [-0.05, 0) is 55.3 Å². The van der Waals surface area contributed by atoms with Gasteiger partial charge < -0.3 is 14.8 Å². The number of sulfone groups is 1. The van der Waals surface area contributed by atoms with E-state index < -0.39 is 15.8 Å². The number of ether oxygens (including phenoxy) is 1. The number of hydrogen-bond acceptors (Lipinski definition) is 6. The molecule has 3 rings (SSSR count). The number of aromatic carboxylic acids is 1. The second kappa shape index (κ2) is 7.61. The smallest absolute Gasteiger partial charge is 0.335 e. The van der Waals surface area contributed by atoms with Gasteiger partial charge in [0.05, 0.1) is 35.1 Å². The number of nitrogens with zero attached hydrogens (tertiary/aromatic N) is 1. The summed E-state index contributed by atoms with van der Waals surface area (Å²) < 4.78 is 30.7. The van der Waals surface area contributed by atoms with E-state index in [1.807, 2.05) is 0 Å². The third-order valence-electron chi connectivity index (χ3n) is 4.34. The van der Waals surface area contributed by atoms with Crippen LogP contribution in [-0.2, 0) is 16.4 Å². The lowest BCUT2D eigenvalue weighted by molar-refractivity contribution is 0.0697. The zero-order valence-corrected chi connectivity index (χ0v) is 16.6. The average molecular weight is 403 g/mol. The molecule has 0 radical (unpaired) electrons. The number of rotatable bonds is 7. The molecule has 3 N–H and O–H groups in total. The summed E-state index contributed by atoms with van der Waals surface area (Å²) in [5, 5.41) is 11.9. The minimum absolute atomic E-state index is 0.156. The molecular weight excluding hydrogens is 382 g/mol. The predicted molar refractivity (Wildman–Crippen MR) is 104 cm³/mol. The lowest BCUT2D eigenvalue weighted by Gasteiger charge is -2.13. The van der Waals surface area contributed by atoms with Gasteiger partial charge in [-0.2, -0.15) is 0 Å². The Balaban J connectivity index is 1.74. The van der Waals surface area contributed by atoms with Gasteiger partial charge in [-0.1, -0.05) is 0 Å². The van der Waals surface area contributed by atoms with Crippen molar-refractivity contribution in [2.24, 2.45) is 0 Å². The largest absolute Gasteiger partial charge is 0.497 e. The van der Waals surface area contributed by atoms with E-state index in [-0.39, 0.29) is 22.9 Å². The topological polar surface area (TPSA) is 121 Å². The molecule has 0 aliphatic rings. The zero-order valence-electron chi connectivity index (χ0n) is 15.7. The molecule has 0 aliphatic heterocycles. The Morgan fingerprint density at radius 3 is 2.50 bits per heavy atom. The van der Waals surface area contributed by atoms with E-state index in [2.05, 4.69) is 15.3 Å². The van der Waals surface area contributed by atoms with Crippen molar-refractivity contribution in [1.82, 2.24) is 15.3 Å². The maximum Gasteiger partial charge on any atom is 0.335 e. The van der Waals surface area contributed by atoms with E-state index >= 15 is 0 Å². The molecule has 9 heteroatoms. The summed E-state index contributed by atoms with van der Waals surface area (Å²) in [5.41, 5.74) is 2.61. The predicted octanol–water partition coefficient (Wildman–Crippen LogP) is 2.41. The van der Waals surface area contributed by atoms with Crippen molar-refractivity contribution in [3.63, 3.8) is 0 Å². The molecule has 0 saturated heterocycles. The van der Waals surface area contributed by atoms with Gasteiger partial charge in [0, 0.05) is 0 Å². The van der Waals surface area contributed by atoms with Crippen LogP contribution in [-0.4, -0.2) is 42.4 Å². The third kappa shape index (κ3) is 4.00. The fraction of sp³-hybridized carbons (Fsp3) is 0.263. The van der Waals surface area contributed by atoms with Crippen LogP contribution >= 0.6 is 0 Å². The van der Waals surface area contributed by atoms with Crippen molar-refractivity contribution in [3.8, 4) is 5.75 Å². The number of benzene rings is 2. The molecule has 1 heterocycles. The summed E-state index contributed by atoms with van der Waals surface area (Å²) in [6, 6.07) is 7.97. The van der Waals surface area contributed by atoms with Gasteiger partial charge in [0.1, 0.15) is 17.5 Å². The lowest BCUT2D eigenvalue weighted by atomic mass is 10.1. The van der Waals surface area contributed by atoms with Crippen LogP contribution in [0.25, 0.3) is 11.0 Å². The Bertz CT molecular complexity index is 1130. The van der Waals surface area contributed by atoms with Crippen molar-refractivity contribution in [2.75, 3.05) is 13.0 Å². The summed E-state index contributed by atoms with van der Waals surface area (Å²) >= 11 is 0. The van der Waals surface area contributed by atoms with Gasteiger partial charge in [0.15, 0.2) is 9.84 Å². The molecule has 2 aromatic carbocycles. The molecule has 8 nitrogen and oxygen atoms in total. The number of aryl methyl sites for hydroxylation is 2. The Kier molecular flexibility index (Phi) is 5.39. The Hall–Kier alpha value is -2.91. The Morgan fingerprint density at radius 1 is 1.21 bits per heavy atom. The number of aromatic amines is 1. The van der Waals surface area contributed by atoms with Crippen LogP contribution in [0.3, 0.4) is 0 Å². The van der Waals surface area contributed by atoms with Crippen molar-refractivity contribution in [2.45, 2.75) is 25.3 Å². The number of aromatic nitrogens is 2.